The largest absolute Gasteiger partial charge is 0.455 e. The third-order valence-corrected chi connectivity index (χ3v) is 12.5. The van der Waals surface area contributed by atoms with Gasteiger partial charge in [0.1, 0.15) is 17.0 Å². The highest BCUT2D eigenvalue weighted by Gasteiger charge is 2.24. The van der Waals surface area contributed by atoms with Gasteiger partial charge >= 0.3 is 0 Å². The minimum absolute atomic E-state index is 0.890. The average Bonchev–Trinajstić information content (AvgIpc) is 3.94. The second-order valence-corrected chi connectivity index (χ2v) is 15.5. The molecule has 0 bridgehead atoms. The lowest BCUT2D eigenvalue weighted by atomic mass is 9.94. The van der Waals surface area contributed by atoms with E-state index in [1.807, 2.05) is 6.07 Å². The maximum Gasteiger partial charge on any atom is 0.143 e. The number of hydrogen-bond acceptors (Lipinski definition) is 2. The average molecular weight is 740 g/mol. The van der Waals surface area contributed by atoms with Crippen LogP contribution in [0.2, 0.25) is 0 Å². The molecule has 0 amide bonds. The smallest absolute Gasteiger partial charge is 0.143 e. The minimum atomic E-state index is 0.890. The molecule has 0 unspecified atom stereocenters. The summed E-state index contributed by atoms with van der Waals surface area (Å²) in [6.07, 6.45) is 0. The molecule has 13 rings (SSSR count). The second kappa shape index (κ2) is 11.7. The summed E-state index contributed by atoms with van der Waals surface area (Å²) in [4.78, 5) is 5.56. The van der Waals surface area contributed by atoms with Gasteiger partial charge in [-0.15, -0.1) is 0 Å². The molecule has 0 fully saturated rings. The number of para-hydroxylation sites is 4. The third kappa shape index (κ3) is 4.21. The molecule has 0 atom stereocenters. The van der Waals surface area contributed by atoms with Crippen LogP contribution in [0.15, 0.2) is 186 Å². The van der Waals surface area contributed by atoms with Gasteiger partial charge in [-0.1, -0.05) is 140 Å². The van der Waals surface area contributed by atoms with Crippen molar-refractivity contribution in [3.05, 3.63) is 188 Å². The lowest BCUT2D eigenvalue weighted by molar-refractivity contribution is 0.670. The molecule has 4 nitrogen and oxygen atoms in total. The molecule has 4 aromatic heterocycles. The number of hydrogen-bond donors (Lipinski definition) is 0. The van der Waals surface area contributed by atoms with Crippen molar-refractivity contribution in [1.29, 1.82) is 0 Å². The van der Waals surface area contributed by atoms with Gasteiger partial charge in [-0.05, 0) is 70.9 Å². The first-order chi connectivity index (χ1) is 28.7. The number of aromatic nitrogens is 3. The van der Waals surface area contributed by atoms with Crippen molar-refractivity contribution in [2.24, 2.45) is 0 Å². The minimum Gasteiger partial charge on any atom is -0.455 e. The van der Waals surface area contributed by atoms with Gasteiger partial charge in [0, 0.05) is 60.1 Å². The van der Waals surface area contributed by atoms with Crippen LogP contribution in [0.3, 0.4) is 0 Å². The fourth-order valence-corrected chi connectivity index (χ4v) is 9.96. The third-order valence-electron chi connectivity index (χ3n) is 12.5. The molecule has 0 saturated heterocycles. The zero-order chi connectivity index (χ0) is 38.1. The highest BCUT2D eigenvalue weighted by atomic mass is 16.3. The summed E-state index contributed by atoms with van der Waals surface area (Å²) < 4.78 is 11.5. The zero-order valence-corrected chi connectivity index (χ0v) is 31.6. The van der Waals surface area contributed by atoms with Crippen molar-refractivity contribution in [2.45, 2.75) is 6.92 Å². The first-order valence-corrected chi connectivity index (χ1v) is 19.9. The summed E-state index contributed by atoms with van der Waals surface area (Å²) in [5, 5.41) is 13.2. The standard InChI is InChI=1S/C54H33N3O/c1-32-50(43-21-12-20-39-38-17-8-11-24-49(38)58-53(39)43)40-18-6-9-22-44(40)55-54(32)57-47-30-26-34-14-3-5-16-37(34)52(47)42-28-27-35(31-48(42)57)56-45-23-10-7-19-41(45)51-36-15-4-2-13-33(36)25-29-46(51)56/h2-31H,1H3. The van der Waals surface area contributed by atoms with E-state index in [0.717, 1.165) is 72.1 Å². The summed E-state index contributed by atoms with van der Waals surface area (Å²) in [6, 6.07) is 65.7. The van der Waals surface area contributed by atoms with Gasteiger partial charge in [0.05, 0.1) is 27.6 Å². The Morgan fingerprint density at radius 1 is 0.431 bits per heavy atom. The summed E-state index contributed by atoms with van der Waals surface area (Å²) in [5.41, 5.74) is 11.7. The van der Waals surface area contributed by atoms with Crippen molar-refractivity contribution < 1.29 is 4.42 Å². The topological polar surface area (TPSA) is 35.9 Å². The van der Waals surface area contributed by atoms with Crippen molar-refractivity contribution in [3.8, 4) is 22.6 Å². The molecule has 4 heteroatoms. The van der Waals surface area contributed by atoms with E-state index in [9.17, 15) is 0 Å². The number of benzene rings is 9. The van der Waals surface area contributed by atoms with Crippen LogP contribution in [0.25, 0.3) is 121 Å². The van der Waals surface area contributed by atoms with Crippen LogP contribution in [-0.4, -0.2) is 14.1 Å². The van der Waals surface area contributed by atoms with Crippen LogP contribution in [0.5, 0.6) is 0 Å². The fourth-order valence-electron chi connectivity index (χ4n) is 9.96. The van der Waals surface area contributed by atoms with E-state index in [4.69, 9.17) is 9.40 Å². The van der Waals surface area contributed by atoms with Crippen molar-refractivity contribution in [2.75, 3.05) is 0 Å². The van der Waals surface area contributed by atoms with Gasteiger partial charge in [0.25, 0.3) is 0 Å². The number of fused-ring (bicyclic) bond motifs is 14. The Balaban J connectivity index is 1.17. The SMILES string of the molecule is Cc1c(-n2c3cc(-n4c5ccccc5c5c6ccccc6ccc54)ccc3c3c4ccccc4ccc32)nc2ccccc2c1-c1cccc2c1oc1ccccc12. The Kier molecular flexibility index (Phi) is 6.34. The molecule has 0 aliphatic heterocycles. The molecule has 270 valence electrons. The molecule has 13 aromatic rings. The van der Waals surface area contributed by atoms with E-state index in [1.54, 1.807) is 0 Å². The van der Waals surface area contributed by atoms with Crippen molar-refractivity contribution in [1.82, 2.24) is 14.1 Å². The van der Waals surface area contributed by atoms with Gasteiger partial charge in [-0.25, -0.2) is 4.98 Å². The molecule has 0 saturated carbocycles. The molecular weight excluding hydrogens is 707 g/mol. The molecule has 4 heterocycles. The first kappa shape index (κ1) is 31.5. The second-order valence-electron chi connectivity index (χ2n) is 15.5. The maximum absolute atomic E-state index is 6.69. The molecule has 0 spiro atoms. The Bertz CT molecular complexity index is 3880. The van der Waals surface area contributed by atoms with Gasteiger partial charge < -0.3 is 8.98 Å². The van der Waals surface area contributed by atoms with Gasteiger partial charge in [0.15, 0.2) is 0 Å². The van der Waals surface area contributed by atoms with E-state index >= 15 is 0 Å². The predicted molar refractivity (Wildman–Crippen MR) is 243 cm³/mol. The quantitative estimate of drug-likeness (QED) is 0.181. The normalized spacial score (nSPS) is 12.2. The van der Waals surface area contributed by atoms with E-state index in [0.29, 0.717) is 0 Å². The molecule has 0 radical (unpaired) electrons. The lowest BCUT2D eigenvalue weighted by Gasteiger charge is -2.18. The van der Waals surface area contributed by atoms with E-state index in [1.165, 1.54) is 54.1 Å². The fraction of sp³-hybridized carbons (Fsp3) is 0.0185. The Hall–Kier alpha value is -7.69. The number of rotatable bonds is 3. The maximum atomic E-state index is 6.69. The molecule has 58 heavy (non-hydrogen) atoms. The number of furan rings is 1. The summed E-state index contributed by atoms with van der Waals surface area (Å²) >= 11 is 0. The van der Waals surface area contributed by atoms with Crippen LogP contribution < -0.4 is 0 Å². The summed E-state index contributed by atoms with van der Waals surface area (Å²) in [6.45, 7) is 2.23. The molecule has 0 aliphatic rings. The van der Waals surface area contributed by atoms with Crippen LogP contribution in [-0.2, 0) is 0 Å². The monoisotopic (exact) mass is 739 g/mol. The van der Waals surface area contributed by atoms with Gasteiger partial charge in [0.2, 0.25) is 0 Å². The van der Waals surface area contributed by atoms with Crippen molar-refractivity contribution >= 4 is 98.0 Å². The Morgan fingerprint density at radius 3 is 1.81 bits per heavy atom. The van der Waals surface area contributed by atoms with Crippen LogP contribution >= 0.6 is 0 Å². The van der Waals surface area contributed by atoms with Gasteiger partial charge in [-0.2, -0.15) is 0 Å². The number of pyridine rings is 1. The summed E-state index contributed by atoms with van der Waals surface area (Å²) in [7, 11) is 0. The molecule has 9 aromatic carbocycles. The van der Waals surface area contributed by atoms with E-state index in [-0.39, 0.29) is 0 Å². The molecule has 0 aliphatic carbocycles. The highest BCUT2D eigenvalue weighted by Crippen LogP contribution is 2.45. The predicted octanol–water partition coefficient (Wildman–Crippen LogP) is 14.6. The van der Waals surface area contributed by atoms with Gasteiger partial charge in [-0.3, -0.25) is 4.57 Å². The van der Waals surface area contributed by atoms with Crippen LogP contribution in [0.1, 0.15) is 5.56 Å². The Labute approximate surface area is 332 Å². The molecule has 0 N–H and O–H groups in total. The first-order valence-electron chi connectivity index (χ1n) is 19.9. The molecular formula is C54H33N3O. The van der Waals surface area contributed by atoms with Crippen LogP contribution in [0.4, 0.5) is 0 Å². The zero-order valence-electron chi connectivity index (χ0n) is 31.6. The highest BCUT2D eigenvalue weighted by molar-refractivity contribution is 6.23. The van der Waals surface area contributed by atoms with Crippen molar-refractivity contribution in [3.63, 3.8) is 0 Å². The lowest BCUT2D eigenvalue weighted by Crippen LogP contribution is -2.04. The van der Waals surface area contributed by atoms with Crippen LogP contribution in [0, 0.1) is 6.92 Å². The summed E-state index contributed by atoms with van der Waals surface area (Å²) in [5.74, 6) is 0.905. The van der Waals surface area contributed by atoms with E-state index < -0.39 is 0 Å². The number of nitrogens with zero attached hydrogens (tertiary/aromatic N) is 3. The van der Waals surface area contributed by atoms with E-state index in [2.05, 4.69) is 192 Å². The Morgan fingerprint density at radius 2 is 1.03 bits per heavy atom.